The first-order valence-electron chi connectivity index (χ1n) is 11.6. The van der Waals surface area contributed by atoms with Crippen LogP contribution in [0.5, 0.6) is 0 Å². The predicted octanol–water partition coefficient (Wildman–Crippen LogP) is 3.81. The van der Waals surface area contributed by atoms with E-state index in [9.17, 15) is 4.79 Å². The molecule has 2 atom stereocenters. The Balaban J connectivity index is 1.09. The highest BCUT2D eigenvalue weighted by Crippen LogP contribution is 2.65. The topological polar surface area (TPSA) is 84.0 Å². The molecule has 6 rings (SSSR count). The maximum Gasteiger partial charge on any atom is 0.251 e. The van der Waals surface area contributed by atoms with Gasteiger partial charge in [-0.05, 0) is 65.3 Å². The summed E-state index contributed by atoms with van der Waals surface area (Å²) in [5.41, 5.74) is 5.15. The lowest BCUT2D eigenvalue weighted by molar-refractivity contribution is -0.142. The van der Waals surface area contributed by atoms with Gasteiger partial charge in [-0.2, -0.15) is 5.21 Å². The maximum absolute atomic E-state index is 12.6. The summed E-state index contributed by atoms with van der Waals surface area (Å²) in [5, 5.41) is 14.2. The number of nitrogens with one attached hydrogen (secondary N) is 1. The van der Waals surface area contributed by atoms with Crippen molar-refractivity contribution in [2.45, 2.75) is 44.1 Å². The quantitative estimate of drug-likeness (QED) is 0.682. The van der Waals surface area contributed by atoms with Crippen molar-refractivity contribution in [3.63, 3.8) is 0 Å². The van der Waals surface area contributed by atoms with E-state index in [4.69, 9.17) is 4.74 Å². The number of carbonyl (C=O) groups excluding carboxylic acids is 1. The zero-order valence-corrected chi connectivity index (χ0v) is 18.0. The van der Waals surface area contributed by atoms with E-state index in [0.29, 0.717) is 17.2 Å². The van der Waals surface area contributed by atoms with Crippen LogP contribution >= 0.6 is 0 Å². The Labute approximate surface area is 187 Å². The molecular formula is C25H27N5O2. The summed E-state index contributed by atoms with van der Waals surface area (Å²) in [6.45, 7) is 2.48. The molecule has 1 amide bonds. The van der Waals surface area contributed by atoms with Crippen LogP contribution in [-0.2, 0) is 9.53 Å². The minimum Gasteiger partial charge on any atom is -0.368 e. The molecule has 2 aromatic carbocycles. The van der Waals surface area contributed by atoms with Gasteiger partial charge in [-0.15, -0.1) is 10.2 Å². The molecule has 1 aromatic heterocycles. The van der Waals surface area contributed by atoms with Crippen LogP contribution in [0.2, 0.25) is 0 Å². The average Bonchev–Trinajstić information content (AvgIpc) is 3.28. The summed E-state index contributed by atoms with van der Waals surface area (Å²) < 4.78 is 5.60. The van der Waals surface area contributed by atoms with Gasteiger partial charge < -0.3 is 9.64 Å². The number of rotatable bonds is 4. The molecule has 3 aliphatic rings. The molecule has 1 saturated carbocycles. The first-order chi connectivity index (χ1) is 15.7. The van der Waals surface area contributed by atoms with Crippen LogP contribution in [0.15, 0.2) is 48.5 Å². The van der Waals surface area contributed by atoms with E-state index in [2.05, 4.69) is 57.0 Å². The molecule has 1 aliphatic carbocycles. The van der Waals surface area contributed by atoms with Crippen LogP contribution in [0, 0.1) is 5.41 Å². The summed E-state index contributed by atoms with van der Waals surface area (Å²) in [6.07, 6.45) is 5.16. The Morgan fingerprint density at radius 1 is 1.00 bits per heavy atom. The molecule has 1 spiro atoms. The van der Waals surface area contributed by atoms with Gasteiger partial charge in [0.2, 0.25) is 5.82 Å². The molecule has 1 N–H and O–H groups in total. The number of aromatic amines is 1. The molecule has 3 fully saturated rings. The smallest absolute Gasteiger partial charge is 0.251 e. The van der Waals surface area contributed by atoms with Crippen molar-refractivity contribution < 1.29 is 9.53 Å². The van der Waals surface area contributed by atoms with Gasteiger partial charge in [-0.1, -0.05) is 48.5 Å². The van der Waals surface area contributed by atoms with Gasteiger partial charge in [0.1, 0.15) is 6.10 Å². The molecular weight excluding hydrogens is 402 g/mol. The van der Waals surface area contributed by atoms with Crippen LogP contribution in [0.4, 0.5) is 0 Å². The van der Waals surface area contributed by atoms with E-state index in [1.165, 1.54) is 23.1 Å². The Kier molecular flexibility index (Phi) is 4.79. The second-order valence-electron chi connectivity index (χ2n) is 9.38. The van der Waals surface area contributed by atoms with Crippen LogP contribution in [-0.4, -0.2) is 57.2 Å². The minimum absolute atomic E-state index is 0.187. The Morgan fingerprint density at radius 3 is 2.31 bits per heavy atom. The van der Waals surface area contributed by atoms with Gasteiger partial charge in [-0.25, -0.2) is 0 Å². The largest absolute Gasteiger partial charge is 0.368 e. The lowest BCUT2D eigenvalue weighted by atomic mass is 9.88. The maximum atomic E-state index is 12.6. The summed E-state index contributed by atoms with van der Waals surface area (Å²) in [4.78, 5) is 14.7. The Morgan fingerprint density at radius 2 is 1.69 bits per heavy atom. The fourth-order valence-electron chi connectivity index (χ4n) is 5.52. The third kappa shape index (κ3) is 3.50. The standard InChI is InChI=1S/C25H27N5O2/c31-24(22-2-1-15-32-22)30-13-11-25(12-14-30)16-21(25)19-7-3-17(4-8-19)18-5-9-20(10-6-18)23-26-28-29-27-23/h3-10,21-22H,1-2,11-16H2,(H,26,27,28,29)/t21-,22-/m1/s1. The first-order valence-corrected chi connectivity index (χ1v) is 11.6. The SMILES string of the molecule is O=C([C@H]1CCCO1)N1CCC2(CC1)C[C@@H]2c1ccc(-c2ccc(-c3nn[nH]n3)cc2)cc1. The number of carbonyl (C=O) groups is 1. The van der Waals surface area contributed by atoms with E-state index >= 15 is 0 Å². The van der Waals surface area contributed by atoms with Crippen LogP contribution in [0.3, 0.4) is 0 Å². The lowest BCUT2D eigenvalue weighted by Gasteiger charge is -2.34. The average molecular weight is 430 g/mol. The fourth-order valence-corrected chi connectivity index (χ4v) is 5.52. The van der Waals surface area contributed by atoms with E-state index in [0.717, 1.165) is 50.9 Å². The number of likely N-dealkylation sites (tertiary alicyclic amines) is 1. The van der Waals surface area contributed by atoms with Crippen molar-refractivity contribution in [3.05, 3.63) is 54.1 Å². The molecule has 3 heterocycles. The van der Waals surface area contributed by atoms with Crippen molar-refractivity contribution in [1.82, 2.24) is 25.5 Å². The molecule has 0 bridgehead atoms. The summed E-state index contributed by atoms with van der Waals surface area (Å²) in [6, 6.07) is 17.3. The number of nitrogens with zero attached hydrogens (tertiary/aromatic N) is 4. The second kappa shape index (κ2) is 7.81. The van der Waals surface area contributed by atoms with Crippen molar-refractivity contribution >= 4 is 5.91 Å². The number of benzene rings is 2. The first kappa shape index (κ1) is 19.6. The molecule has 7 nitrogen and oxygen atoms in total. The molecule has 7 heteroatoms. The number of tetrazole rings is 1. The van der Waals surface area contributed by atoms with Gasteiger partial charge in [0.25, 0.3) is 5.91 Å². The third-order valence-corrected chi connectivity index (χ3v) is 7.60. The summed E-state index contributed by atoms with van der Waals surface area (Å²) in [5.74, 6) is 1.44. The molecule has 2 aliphatic heterocycles. The number of H-pyrrole nitrogens is 1. The highest BCUT2D eigenvalue weighted by molar-refractivity contribution is 5.81. The van der Waals surface area contributed by atoms with Crippen LogP contribution < -0.4 is 0 Å². The van der Waals surface area contributed by atoms with Crippen LogP contribution in [0.1, 0.15) is 43.6 Å². The molecule has 3 aromatic rings. The fraction of sp³-hybridized carbons (Fsp3) is 0.440. The van der Waals surface area contributed by atoms with E-state index in [-0.39, 0.29) is 12.0 Å². The zero-order chi connectivity index (χ0) is 21.5. The number of hydrogen-bond acceptors (Lipinski definition) is 5. The number of amides is 1. The number of aromatic nitrogens is 4. The monoisotopic (exact) mass is 429 g/mol. The van der Waals surface area contributed by atoms with E-state index in [1.54, 1.807) is 0 Å². The molecule has 0 radical (unpaired) electrons. The number of piperidine rings is 1. The normalized spacial score (nSPS) is 24.1. The van der Waals surface area contributed by atoms with Crippen molar-refractivity contribution in [1.29, 1.82) is 0 Å². The Hall–Kier alpha value is -3.06. The zero-order valence-electron chi connectivity index (χ0n) is 18.0. The van der Waals surface area contributed by atoms with Gasteiger partial charge >= 0.3 is 0 Å². The Bertz CT molecular complexity index is 1080. The van der Waals surface area contributed by atoms with E-state index < -0.39 is 0 Å². The summed E-state index contributed by atoms with van der Waals surface area (Å²) >= 11 is 0. The molecule has 164 valence electrons. The number of hydrogen-bond donors (Lipinski definition) is 1. The van der Waals surface area contributed by atoms with Gasteiger partial charge in [0, 0.05) is 25.3 Å². The van der Waals surface area contributed by atoms with Gasteiger partial charge in [-0.3, -0.25) is 4.79 Å². The molecule has 0 unspecified atom stereocenters. The molecule has 2 saturated heterocycles. The van der Waals surface area contributed by atoms with Crippen molar-refractivity contribution in [2.24, 2.45) is 5.41 Å². The van der Waals surface area contributed by atoms with E-state index in [1.807, 2.05) is 17.0 Å². The van der Waals surface area contributed by atoms with Crippen LogP contribution in [0.25, 0.3) is 22.5 Å². The lowest BCUT2D eigenvalue weighted by Crippen LogP contribution is -2.44. The molecule has 32 heavy (non-hydrogen) atoms. The highest BCUT2D eigenvalue weighted by Gasteiger charge is 2.55. The second-order valence-corrected chi connectivity index (χ2v) is 9.38. The predicted molar refractivity (Wildman–Crippen MR) is 120 cm³/mol. The van der Waals surface area contributed by atoms with Gasteiger partial charge in [0.05, 0.1) is 0 Å². The van der Waals surface area contributed by atoms with Crippen molar-refractivity contribution in [3.8, 4) is 22.5 Å². The van der Waals surface area contributed by atoms with Crippen molar-refractivity contribution in [2.75, 3.05) is 19.7 Å². The van der Waals surface area contributed by atoms with Gasteiger partial charge in [0.15, 0.2) is 0 Å². The highest BCUT2D eigenvalue weighted by atomic mass is 16.5. The summed E-state index contributed by atoms with van der Waals surface area (Å²) in [7, 11) is 0. The third-order valence-electron chi connectivity index (χ3n) is 7.60. The minimum atomic E-state index is -0.187. The number of ether oxygens (including phenoxy) is 1.